The summed E-state index contributed by atoms with van der Waals surface area (Å²) in [7, 11) is 0. The molecule has 3 nitrogen and oxygen atoms in total. The first kappa shape index (κ1) is 14.0. The molecule has 110 valence electrons. The van der Waals surface area contributed by atoms with E-state index >= 15 is 0 Å². The Bertz CT molecular complexity index is 609. The number of epoxide rings is 1. The van der Waals surface area contributed by atoms with Crippen molar-refractivity contribution in [1.82, 2.24) is 0 Å². The van der Waals surface area contributed by atoms with Crippen LogP contribution in [0, 0.1) is 11.6 Å². The fraction of sp³-hybridized carbons (Fsp3) is 0.250. The van der Waals surface area contributed by atoms with Crippen molar-refractivity contribution in [3.05, 3.63) is 54.1 Å². The first-order valence-corrected chi connectivity index (χ1v) is 6.60. The fourth-order valence-corrected chi connectivity index (χ4v) is 1.87. The van der Waals surface area contributed by atoms with E-state index in [0.29, 0.717) is 17.9 Å². The number of benzene rings is 2. The van der Waals surface area contributed by atoms with Crippen LogP contribution < -0.4 is 4.74 Å². The van der Waals surface area contributed by atoms with Gasteiger partial charge in [0.05, 0.1) is 13.2 Å². The van der Waals surface area contributed by atoms with Gasteiger partial charge < -0.3 is 14.2 Å². The van der Waals surface area contributed by atoms with E-state index < -0.39 is 11.6 Å². The molecule has 0 aromatic heterocycles. The lowest BCUT2D eigenvalue weighted by Crippen LogP contribution is -2.07. The van der Waals surface area contributed by atoms with Crippen molar-refractivity contribution in [3.8, 4) is 16.9 Å². The van der Waals surface area contributed by atoms with Crippen LogP contribution in [-0.4, -0.2) is 26.1 Å². The van der Waals surface area contributed by atoms with E-state index in [1.165, 1.54) is 12.1 Å². The van der Waals surface area contributed by atoms with Gasteiger partial charge in [0.1, 0.15) is 11.9 Å². The lowest BCUT2D eigenvalue weighted by atomic mass is 10.1. The lowest BCUT2D eigenvalue weighted by molar-refractivity contribution is 0.00822. The maximum absolute atomic E-state index is 13.2. The van der Waals surface area contributed by atoms with Crippen LogP contribution in [-0.2, 0) is 9.47 Å². The lowest BCUT2D eigenvalue weighted by Gasteiger charge is -2.07. The molecule has 0 saturated carbocycles. The molecular weight excluding hydrogens is 278 g/mol. The van der Waals surface area contributed by atoms with Crippen LogP contribution in [0.3, 0.4) is 0 Å². The van der Waals surface area contributed by atoms with Crippen molar-refractivity contribution < 1.29 is 23.0 Å². The summed E-state index contributed by atoms with van der Waals surface area (Å²) < 4.78 is 41.8. The van der Waals surface area contributed by atoms with Gasteiger partial charge in [-0.25, -0.2) is 8.78 Å². The Morgan fingerprint density at radius 3 is 2.38 bits per heavy atom. The van der Waals surface area contributed by atoms with Gasteiger partial charge in [-0.15, -0.1) is 0 Å². The van der Waals surface area contributed by atoms with E-state index in [2.05, 4.69) is 0 Å². The van der Waals surface area contributed by atoms with E-state index in [0.717, 1.165) is 18.2 Å². The van der Waals surface area contributed by atoms with Gasteiger partial charge in [0.2, 0.25) is 0 Å². The molecule has 0 spiro atoms. The molecule has 5 heteroatoms. The molecule has 1 fully saturated rings. The van der Waals surface area contributed by atoms with Crippen LogP contribution in [0.25, 0.3) is 11.1 Å². The summed E-state index contributed by atoms with van der Waals surface area (Å²) in [5.41, 5.74) is 1.40. The number of rotatable bonds is 6. The van der Waals surface area contributed by atoms with Crippen molar-refractivity contribution in [3.63, 3.8) is 0 Å². The summed E-state index contributed by atoms with van der Waals surface area (Å²) in [5, 5.41) is 0. The normalized spacial score (nSPS) is 16.8. The molecule has 2 aromatic carbocycles. The van der Waals surface area contributed by atoms with Gasteiger partial charge >= 0.3 is 0 Å². The van der Waals surface area contributed by atoms with Gasteiger partial charge in [-0.05, 0) is 35.4 Å². The maximum Gasteiger partial charge on any atom is 0.189 e. The summed E-state index contributed by atoms with van der Waals surface area (Å²) >= 11 is 0. The van der Waals surface area contributed by atoms with Gasteiger partial charge in [-0.3, -0.25) is 0 Å². The number of hydrogen-bond acceptors (Lipinski definition) is 3. The maximum atomic E-state index is 13.2. The van der Waals surface area contributed by atoms with Crippen LogP contribution in [0.1, 0.15) is 0 Å². The third-order valence-corrected chi connectivity index (χ3v) is 3.12. The number of ether oxygens (including phenoxy) is 3. The van der Waals surface area contributed by atoms with Crippen molar-refractivity contribution in [2.75, 3.05) is 20.0 Å². The molecule has 0 amide bonds. The quantitative estimate of drug-likeness (QED) is 0.464. The Hall–Kier alpha value is -1.98. The average molecular weight is 292 g/mol. The van der Waals surface area contributed by atoms with Crippen molar-refractivity contribution in [2.24, 2.45) is 0 Å². The predicted molar refractivity (Wildman–Crippen MR) is 73.0 cm³/mol. The molecule has 0 aliphatic carbocycles. The molecule has 1 heterocycles. The van der Waals surface area contributed by atoms with Crippen LogP contribution in [0.15, 0.2) is 42.5 Å². The molecule has 1 unspecified atom stereocenters. The Morgan fingerprint density at radius 1 is 1.00 bits per heavy atom. The van der Waals surface area contributed by atoms with E-state index in [1.807, 2.05) is 0 Å². The van der Waals surface area contributed by atoms with Crippen molar-refractivity contribution >= 4 is 0 Å². The Balaban J connectivity index is 1.58. The average Bonchev–Trinajstić information content (AvgIpc) is 3.31. The number of hydrogen-bond donors (Lipinski definition) is 0. The van der Waals surface area contributed by atoms with Gasteiger partial charge in [0.25, 0.3) is 0 Å². The minimum atomic E-state index is -0.858. The molecule has 3 rings (SSSR count). The van der Waals surface area contributed by atoms with Crippen molar-refractivity contribution in [1.29, 1.82) is 0 Å². The second-order valence-electron chi connectivity index (χ2n) is 4.74. The topological polar surface area (TPSA) is 31.0 Å². The van der Waals surface area contributed by atoms with Gasteiger partial charge in [0, 0.05) is 0 Å². The zero-order valence-electron chi connectivity index (χ0n) is 11.2. The van der Waals surface area contributed by atoms with Crippen molar-refractivity contribution in [2.45, 2.75) is 6.10 Å². The highest BCUT2D eigenvalue weighted by Crippen LogP contribution is 2.24. The molecule has 1 aliphatic heterocycles. The smallest absolute Gasteiger partial charge is 0.189 e. The summed E-state index contributed by atoms with van der Waals surface area (Å²) in [6, 6.07) is 10.9. The van der Waals surface area contributed by atoms with Crippen LogP contribution in [0.5, 0.6) is 5.75 Å². The van der Waals surface area contributed by atoms with E-state index in [1.54, 1.807) is 24.3 Å². The molecule has 1 atom stereocenters. The largest absolute Gasteiger partial charge is 0.468 e. The Labute approximate surface area is 121 Å². The first-order chi connectivity index (χ1) is 10.2. The molecule has 1 aliphatic rings. The molecule has 0 N–H and O–H groups in total. The minimum Gasteiger partial charge on any atom is -0.468 e. The molecule has 2 aromatic rings. The third kappa shape index (κ3) is 3.77. The molecular formula is C16H14F2O3. The second-order valence-corrected chi connectivity index (χ2v) is 4.74. The molecule has 0 bridgehead atoms. The van der Waals surface area contributed by atoms with Crippen LogP contribution >= 0.6 is 0 Å². The van der Waals surface area contributed by atoms with E-state index in [-0.39, 0.29) is 12.9 Å². The third-order valence-electron chi connectivity index (χ3n) is 3.12. The molecule has 21 heavy (non-hydrogen) atoms. The standard InChI is InChI=1S/C16H14F2O3/c17-15-6-3-12(7-16(15)18)11-1-4-13(5-2-11)21-10-19-8-14-9-20-14/h1-7,14H,8-10H2. The molecule has 0 radical (unpaired) electrons. The van der Waals surface area contributed by atoms with E-state index in [4.69, 9.17) is 14.2 Å². The number of halogens is 2. The summed E-state index contributed by atoms with van der Waals surface area (Å²) in [4.78, 5) is 0. The van der Waals surface area contributed by atoms with Gasteiger partial charge in [-0.1, -0.05) is 18.2 Å². The predicted octanol–water partition coefficient (Wildman–Crippen LogP) is 3.38. The zero-order chi connectivity index (χ0) is 14.7. The Morgan fingerprint density at radius 2 is 1.71 bits per heavy atom. The summed E-state index contributed by atoms with van der Waals surface area (Å²) in [6.45, 7) is 1.44. The monoisotopic (exact) mass is 292 g/mol. The molecule has 1 saturated heterocycles. The highest BCUT2D eigenvalue weighted by Gasteiger charge is 2.22. The zero-order valence-corrected chi connectivity index (χ0v) is 11.2. The Kier molecular flexibility index (Phi) is 4.13. The van der Waals surface area contributed by atoms with E-state index in [9.17, 15) is 8.78 Å². The van der Waals surface area contributed by atoms with Gasteiger partial charge in [-0.2, -0.15) is 0 Å². The highest BCUT2D eigenvalue weighted by atomic mass is 19.2. The fourth-order valence-electron chi connectivity index (χ4n) is 1.87. The second kappa shape index (κ2) is 6.20. The highest BCUT2D eigenvalue weighted by molar-refractivity contribution is 5.64. The summed E-state index contributed by atoms with van der Waals surface area (Å²) in [5.74, 6) is -1.06. The minimum absolute atomic E-state index is 0.157. The first-order valence-electron chi connectivity index (χ1n) is 6.60. The summed E-state index contributed by atoms with van der Waals surface area (Å²) in [6.07, 6.45) is 0.212. The SMILES string of the molecule is Fc1ccc(-c2ccc(OCOCC3CO3)cc2)cc1F. The van der Waals surface area contributed by atoms with Gasteiger partial charge in [0.15, 0.2) is 18.4 Å². The van der Waals surface area contributed by atoms with Crippen LogP contribution in [0.2, 0.25) is 0 Å². The van der Waals surface area contributed by atoms with Crippen LogP contribution in [0.4, 0.5) is 8.78 Å².